The fourth-order valence-electron chi connectivity index (χ4n) is 6.97. The van der Waals surface area contributed by atoms with Crippen molar-refractivity contribution in [2.75, 3.05) is 19.5 Å². The molecule has 0 spiro atoms. The van der Waals surface area contributed by atoms with Crippen LogP contribution in [0.3, 0.4) is 0 Å². The maximum atomic E-state index is 12.5. The highest BCUT2D eigenvalue weighted by atomic mass is 16.6. The van der Waals surface area contributed by atoms with Gasteiger partial charge in [-0.05, 0) is 80.9 Å². The van der Waals surface area contributed by atoms with Crippen molar-refractivity contribution in [3.63, 3.8) is 0 Å². The van der Waals surface area contributed by atoms with Crippen molar-refractivity contribution in [2.24, 2.45) is 23.7 Å². The van der Waals surface area contributed by atoms with Crippen molar-refractivity contribution >= 4 is 47.3 Å². The van der Waals surface area contributed by atoms with Gasteiger partial charge in [-0.15, -0.1) is 0 Å². The van der Waals surface area contributed by atoms with Gasteiger partial charge in [0.25, 0.3) is 23.1 Å². The number of benzene rings is 1. The molecule has 2 saturated carbocycles. The molecule has 6 atom stereocenters. The Morgan fingerprint density at radius 2 is 1.78 bits per heavy atom. The third-order valence-electron chi connectivity index (χ3n) is 9.25. The first-order chi connectivity index (χ1) is 24.2. The summed E-state index contributed by atoms with van der Waals surface area (Å²) in [6.07, 6.45) is 7.04. The summed E-state index contributed by atoms with van der Waals surface area (Å²) in [5.74, 6) is -0.400. The molecule has 16 heteroatoms. The second kappa shape index (κ2) is 18.5. The summed E-state index contributed by atoms with van der Waals surface area (Å²) in [6.45, 7) is 6.12. The first kappa shape index (κ1) is 40.0. The molecule has 0 radical (unpaired) electrons. The molecule has 2 aliphatic carbocycles. The average Bonchev–Trinajstić information content (AvgIpc) is 3.09. The summed E-state index contributed by atoms with van der Waals surface area (Å²) in [4.78, 5) is 92.0. The Morgan fingerprint density at radius 1 is 1.08 bits per heavy atom. The van der Waals surface area contributed by atoms with Crippen LogP contribution in [0.15, 0.2) is 41.3 Å². The van der Waals surface area contributed by atoms with Crippen molar-refractivity contribution < 1.29 is 38.4 Å². The van der Waals surface area contributed by atoms with Crippen LogP contribution in [0.25, 0.3) is 0 Å². The molecule has 0 saturated heterocycles. The van der Waals surface area contributed by atoms with Crippen LogP contribution in [-0.4, -0.2) is 71.6 Å². The van der Waals surface area contributed by atoms with Gasteiger partial charge in [0.2, 0.25) is 18.1 Å². The summed E-state index contributed by atoms with van der Waals surface area (Å²) >= 11 is 0. The topological polar surface area (TPSA) is 225 Å². The van der Waals surface area contributed by atoms with Crippen molar-refractivity contribution in [3.05, 3.63) is 68.1 Å². The van der Waals surface area contributed by atoms with Gasteiger partial charge in [-0.3, -0.25) is 38.9 Å². The first-order valence-electron chi connectivity index (χ1n) is 16.8. The molecule has 2 fully saturated rings. The van der Waals surface area contributed by atoms with Crippen LogP contribution in [0.2, 0.25) is 0 Å². The number of ether oxygens (including phenoxy) is 1. The van der Waals surface area contributed by atoms with Crippen LogP contribution in [-0.2, 0) is 30.5 Å². The number of nitro benzene ring substituents is 1. The molecular weight excluding hydrogens is 664 g/mol. The lowest BCUT2D eigenvalue weighted by Crippen LogP contribution is -2.51. The number of aromatic nitrogens is 1. The number of amides is 4. The van der Waals surface area contributed by atoms with Crippen molar-refractivity contribution in [3.8, 4) is 0 Å². The summed E-state index contributed by atoms with van der Waals surface area (Å²) in [7, 11) is 2.46. The minimum Gasteiger partial charge on any atom is -0.465 e. The van der Waals surface area contributed by atoms with Crippen molar-refractivity contribution in [1.29, 1.82) is 0 Å². The zero-order valence-electron chi connectivity index (χ0n) is 29.4. The molecular formula is C35H46N6O10. The van der Waals surface area contributed by atoms with E-state index in [9.17, 15) is 43.7 Å². The van der Waals surface area contributed by atoms with Crippen LogP contribution in [0, 0.1) is 33.8 Å². The molecule has 2 aliphatic rings. The summed E-state index contributed by atoms with van der Waals surface area (Å²) in [5, 5.41) is 21.3. The fourth-order valence-corrected chi connectivity index (χ4v) is 6.97. The molecule has 1 aromatic carbocycles. The maximum absolute atomic E-state index is 12.5. The van der Waals surface area contributed by atoms with E-state index in [1.54, 1.807) is 19.2 Å². The molecule has 2 aromatic rings. The van der Waals surface area contributed by atoms with Gasteiger partial charge in [-0.2, -0.15) is 0 Å². The normalized spacial score (nSPS) is 21.0. The standard InChI is InChI=1S/C19H27N3O3.C16H19N3O7/c1-12-6-14-8-13(2)18(15(7-12)9-14)21-17(24)10-22-5-3-4-16(19(22)25)20-11-23;1-9(4-5-13(20)15(22)17-2)18-14(21)10-6-11(16(23)26-3)8-12(7-10)19(24)25/h3-5,11-15,18H,6-10H2,1-2H3,(H,20,23)(H,21,24);6-9H,4-5H2,1-3H3,(H,17,22)(H,18,21). The summed E-state index contributed by atoms with van der Waals surface area (Å²) in [6, 6.07) is 6.11. The second-order valence-corrected chi connectivity index (χ2v) is 13.3. The third kappa shape index (κ3) is 11.3. The van der Waals surface area contributed by atoms with E-state index in [-0.39, 0.29) is 53.7 Å². The molecule has 4 amide bonds. The lowest BCUT2D eigenvalue weighted by molar-refractivity contribution is -0.384. The van der Waals surface area contributed by atoms with Gasteiger partial charge >= 0.3 is 5.97 Å². The quantitative estimate of drug-likeness (QED) is 0.0781. The van der Waals surface area contributed by atoms with Crippen LogP contribution in [0.1, 0.15) is 80.0 Å². The highest BCUT2D eigenvalue weighted by Gasteiger charge is 2.40. The number of non-ortho nitro benzene ring substituents is 1. The Kier molecular flexibility index (Phi) is 14.6. The Hall–Kier alpha value is -5.41. The number of nitro groups is 1. The number of anilines is 1. The van der Waals surface area contributed by atoms with Gasteiger partial charge in [-0.25, -0.2) is 4.79 Å². The molecule has 4 N–H and O–H groups in total. The number of nitrogens with one attached hydrogen (secondary N) is 4. The predicted octanol–water partition coefficient (Wildman–Crippen LogP) is 2.59. The number of hydrogen-bond acceptors (Lipinski definition) is 10. The van der Waals surface area contributed by atoms with E-state index >= 15 is 0 Å². The van der Waals surface area contributed by atoms with Crippen LogP contribution < -0.4 is 26.8 Å². The summed E-state index contributed by atoms with van der Waals surface area (Å²) < 4.78 is 5.85. The number of methoxy groups -OCH3 is 1. The molecule has 1 aromatic heterocycles. The van der Waals surface area contributed by atoms with Gasteiger partial charge in [0.15, 0.2) is 0 Å². The number of rotatable bonds is 13. The number of hydrogen-bond donors (Lipinski definition) is 4. The molecule has 6 unspecified atom stereocenters. The van der Waals surface area contributed by atoms with E-state index in [2.05, 4.69) is 39.9 Å². The highest BCUT2D eigenvalue weighted by Crippen LogP contribution is 2.44. The number of nitrogens with zero attached hydrogens (tertiary/aromatic N) is 2. The molecule has 1 heterocycles. The zero-order valence-corrected chi connectivity index (χ0v) is 29.4. The minimum atomic E-state index is -0.813. The van der Waals surface area contributed by atoms with Gasteiger partial charge in [-0.1, -0.05) is 13.8 Å². The third-order valence-corrected chi connectivity index (χ3v) is 9.25. The van der Waals surface area contributed by atoms with Gasteiger partial charge in [0.1, 0.15) is 12.2 Å². The van der Waals surface area contributed by atoms with Crippen LogP contribution in [0.5, 0.6) is 0 Å². The number of Topliss-reactive ketones (excluding diaryl/α,β-unsaturated/α-hetero) is 1. The average molecular weight is 711 g/mol. The smallest absolute Gasteiger partial charge is 0.338 e. The van der Waals surface area contributed by atoms with Gasteiger partial charge < -0.3 is 30.6 Å². The van der Waals surface area contributed by atoms with E-state index in [4.69, 9.17) is 0 Å². The number of carbonyl (C=O) groups excluding carboxylic acids is 6. The molecule has 16 nitrogen and oxygen atoms in total. The monoisotopic (exact) mass is 710 g/mol. The number of likely N-dealkylation sites (N-methyl/N-ethyl adjacent to an activating group) is 1. The Bertz CT molecular complexity index is 1690. The summed E-state index contributed by atoms with van der Waals surface area (Å²) in [5.41, 5.74) is -0.841. The van der Waals surface area contributed by atoms with E-state index < -0.39 is 40.2 Å². The SMILES string of the molecule is CC1CC2CC(C)C(NC(=O)Cn3cccc(NC=O)c3=O)C(C1)C2.CNC(=O)C(=O)CCC(C)NC(=O)c1cc(C(=O)OC)cc([N+](=O)[O-])c1. The lowest BCUT2D eigenvalue weighted by Gasteiger charge is -2.46. The van der Waals surface area contributed by atoms with Crippen molar-refractivity contribution in [2.45, 2.75) is 77.9 Å². The number of carbonyl (C=O) groups is 6. The number of esters is 1. The van der Waals surface area contributed by atoms with Gasteiger partial charge in [0.05, 0.1) is 17.6 Å². The van der Waals surface area contributed by atoms with E-state index in [0.717, 1.165) is 31.1 Å². The number of fused-ring (bicyclic) bond motifs is 2. The van der Waals surface area contributed by atoms with E-state index in [0.29, 0.717) is 18.2 Å². The zero-order chi connectivity index (χ0) is 37.8. The predicted molar refractivity (Wildman–Crippen MR) is 186 cm³/mol. The molecule has 276 valence electrons. The molecule has 0 aliphatic heterocycles. The fraction of sp³-hybridized carbons (Fsp3) is 0.514. The Balaban J connectivity index is 0.000000275. The highest BCUT2D eigenvalue weighted by molar-refractivity contribution is 6.36. The Morgan fingerprint density at radius 3 is 2.43 bits per heavy atom. The number of pyridine rings is 1. The van der Waals surface area contributed by atoms with E-state index in [1.807, 2.05) is 0 Å². The van der Waals surface area contributed by atoms with Crippen molar-refractivity contribution in [1.82, 2.24) is 20.5 Å². The molecule has 51 heavy (non-hydrogen) atoms. The molecule has 2 bridgehead atoms. The molecule has 4 rings (SSSR count). The maximum Gasteiger partial charge on any atom is 0.338 e. The minimum absolute atomic E-state index is 0.0257. The second-order valence-electron chi connectivity index (χ2n) is 13.3. The van der Waals surface area contributed by atoms with E-state index in [1.165, 1.54) is 49.4 Å². The van der Waals surface area contributed by atoms with Crippen LogP contribution >= 0.6 is 0 Å². The largest absolute Gasteiger partial charge is 0.465 e. The lowest BCUT2D eigenvalue weighted by atomic mass is 9.63. The van der Waals surface area contributed by atoms with Crippen LogP contribution in [0.4, 0.5) is 11.4 Å². The number of ketones is 1. The van der Waals surface area contributed by atoms with Gasteiger partial charge in [0, 0.05) is 49.4 Å². The first-order valence-corrected chi connectivity index (χ1v) is 16.8. The Labute approximate surface area is 295 Å².